The molecule has 0 aliphatic heterocycles. The molecule has 0 bridgehead atoms. The molecule has 1 aliphatic rings. The van der Waals surface area contributed by atoms with Crippen molar-refractivity contribution in [2.24, 2.45) is 0 Å². The van der Waals surface area contributed by atoms with Gasteiger partial charge in [0.15, 0.2) is 0 Å². The normalized spacial score (nSPS) is 16.6. The van der Waals surface area contributed by atoms with Crippen molar-refractivity contribution >= 4 is 16.8 Å². The summed E-state index contributed by atoms with van der Waals surface area (Å²) in [5, 5.41) is 4.32. The minimum absolute atomic E-state index is 0.150. The number of hydrogen-bond acceptors (Lipinski definition) is 1. The Labute approximate surface area is 113 Å². The zero-order valence-electron chi connectivity index (χ0n) is 11.1. The van der Waals surface area contributed by atoms with Crippen molar-refractivity contribution < 1.29 is 4.79 Å². The molecule has 2 aromatic rings. The molecule has 1 fully saturated rings. The molecule has 19 heavy (non-hydrogen) atoms. The number of rotatable bonds is 3. The van der Waals surface area contributed by atoms with E-state index in [0.29, 0.717) is 12.5 Å². The number of benzene rings is 1. The Kier molecular flexibility index (Phi) is 3.53. The number of para-hydroxylation sites is 1. The molecule has 3 nitrogen and oxygen atoms in total. The van der Waals surface area contributed by atoms with Gasteiger partial charge in [0.2, 0.25) is 5.91 Å². The highest BCUT2D eigenvalue weighted by atomic mass is 16.1. The van der Waals surface area contributed by atoms with Crippen molar-refractivity contribution in [1.82, 2.24) is 10.3 Å². The molecule has 0 saturated heterocycles. The van der Waals surface area contributed by atoms with Crippen molar-refractivity contribution in [2.45, 2.75) is 44.6 Å². The van der Waals surface area contributed by atoms with E-state index in [1.165, 1.54) is 19.3 Å². The average Bonchev–Trinajstić information content (AvgIpc) is 2.83. The number of aromatic amines is 1. The Hall–Kier alpha value is -1.77. The molecule has 0 unspecified atom stereocenters. The van der Waals surface area contributed by atoms with Gasteiger partial charge in [-0.05, 0) is 24.5 Å². The molecule has 1 aromatic heterocycles. The van der Waals surface area contributed by atoms with Crippen LogP contribution in [0.25, 0.3) is 10.9 Å². The molecule has 0 atom stereocenters. The number of fused-ring (bicyclic) bond motifs is 1. The summed E-state index contributed by atoms with van der Waals surface area (Å²) in [6.45, 7) is 0. The van der Waals surface area contributed by atoms with Crippen LogP contribution in [0.1, 0.15) is 37.7 Å². The lowest BCUT2D eigenvalue weighted by Gasteiger charge is -2.22. The zero-order valence-corrected chi connectivity index (χ0v) is 11.1. The van der Waals surface area contributed by atoms with Crippen LogP contribution in [-0.4, -0.2) is 16.9 Å². The molecule has 2 N–H and O–H groups in total. The third-order valence-corrected chi connectivity index (χ3v) is 4.00. The van der Waals surface area contributed by atoms with E-state index in [-0.39, 0.29) is 5.91 Å². The van der Waals surface area contributed by atoms with Crippen LogP contribution < -0.4 is 5.32 Å². The molecular formula is C16H20N2O. The van der Waals surface area contributed by atoms with Gasteiger partial charge in [0.05, 0.1) is 6.42 Å². The Bertz CT molecular complexity index is 567. The van der Waals surface area contributed by atoms with E-state index in [1.54, 1.807) is 0 Å². The molecule has 1 saturated carbocycles. The predicted octanol–water partition coefficient (Wildman–Crippen LogP) is 3.16. The molecule has 100 valence electrons. The monoisotopic (exact) mass is 256 g/mol. The molecule has 1 aromatic carbocycles. The molecule has 1 amide bonds. The summed E-state index contributed by atoms with van der Waals surface area (Å²) in [6.07, 6.45) is 8.51. The third-order valence-electron chi connectivity index (χ3n) is 4.00. The fraction of sp³-hybridized carbons (Fsp3) is 0.438. The van der Waals surface area contributed by atoms with Gasteiger partial charge in [-0.3, -0.25) is 4.79 Å². The van der Waals surface area contributed by atoms with Crippen LogP contribution in [0.3, 0.4) is 0 Å². The summed E-state index contributed by atoms with van der Waals surface area (Å²) in [4.78, 5) is 15.3. The second kappa shape index (κ2) is 5.47. The second-order valence-corrected chi connectivity index (χ2v) is 5.44. The summed E-state index contributed by atoms with van der Waals surface area (Å²) < 4.78 is 0. The van der Waals surface area contributed by atoms with Gasteiger partial charge in [-0.25, -0.2) is 0 Å². The minimum atomic E-state index is 0.150. The standard InChI is InChI=1S/C16H20N2O/c19-16(18-13-6-2-1-3-7-13)10-12-11-17-15-9-5-4-8-14(12)15/h4-5,8-9,11,13,17H,1-3,6-7,10H2,(H,18,19). The maximum Gasteiger partial charge on any atom is 0.224 e. The van der Waals surface area contributed by atoms with Crippen molar-refractivity contribution in [3.8, 4) is 0 Å². The first-order chi connectivity index (χ1) is 9.33. The molecular weight excluding hydrogens is 236 g/mol. The number of H-pyrrole nitrogens is 1. The number of amides is 1. The van der Waals surface area contributed by atoms with Crippen LogP contribution in [0.2, 0.25) is 0 Å². The van der Waals surface area contributed by atoms with Gasteiger partial charge in [-0.2, -0.15) is 0 Å². The maximum atomic E-state index is 12.1. The predicted molar refractivity (Wildman–Crippen MR) is 77.0 cm³/mol. The number of nitrogens with one attached hydrogen (secondary N) is 2. The zero-order chi connectivity index (χ0) is 13.1. The largest absolute Gasteiger partial charge is 0.361 e. The van der Waals surface area contributed by atoms with Gasteiger partial charge < -0.3 is 10.3 Å². The van der Waals surface area contributed by atoms with Gasteiger partial charge in [-0.15, -0.1) is 0 Å². The Morgan fingerprint density at radius 3 is 2.84 bits per heavy atom. The van der Waals surface area contributed by atoms with E-state index in [1.807, 2.05) is 24.4 Å². The van der Waals surface area contributed by atoms with E-state index < -0.39 is 0 Å². The first kappa shape index (κ1) is 12.3. The van der Waals surface area contributed by atoms with Crippen LogP contribution in [0.15, 0.2) is 30.5 Å². The molecule has 0 radical (unpaired) electrons. The van der Waals surface area contributed by atoms with Gasteiger partial charge in [0, 0.05) is 23.1 Å². The van der Waals surface area contributed by atoms with Crippen molar-refractivity contribution in [3.05, 3.63) is 36.0 Å². The molecule has 1 aliphatic carbocycles. The van der Waals surface area contributed by atoms with Crippen molar-refractivity contribution in [2.75, 3.05) is 0 Å². The van der Waals surface area contributed by atoms with E-state index in [9.17, 15) is 4.79 Å². The summed E-state index contributed by atoms with van der Waals surface area (Å²) >= 11 is 0. The van der Waals surface area contributed by atoms with Crippen LogP contribution in [0.5, 0.6) is 0 Å². The number of carbonyl (C=O) groups is 1. The summed E-state index contributed by atoms with van der Waals surface area (Å²) in [5.41, 5.74) is 2.19. The van der Waals surface area contributed by atoms with Gasteiger partial charge >= 0.3 is 0 Å². The SMILES string of the molecule is O=C(Cc1c[nH]c2ccccc12)NC1CCCCC1. The molecule has 3 rings (SSSR count). The molecule has 0 spiro atoms. The molecule has 1 heterocycles. The fourth-order valence-corrected chi connectivity index (χ4v) is 2.98. The van der Waals surface area contributed by atoms with Crippen LogP contribution in [-0.2, 0) is 11.2 Å². The van der Waals surface area contributed by atoms with Gasteiger partial charge in [0.25, 0.3) is 0 Å². The number of hydrogen-bond donors (Lipinski definition) is 2. The summed E-state index contributed by atoms with van der Waals surface area (Å²) in [5.74, 6) is 0.150. The number of carbonyl (C=O) groups excluding carboxylic acids is 1. The van der Waals surface area contributed by atoms with Crippen molar-refractivity contribution in [1.29, 1.82) is 0 Å². The second-order valence-electron chi connectivity index (χ2n) is 5.44. The van der Waals surface area contributed by atoms with E-state index in [4.69, 9.17) is 0 Å². The maximum absolute atomic E-state index is 12.1. The third kappa shape index (κ3) is 2.80. The highest BCUT2D eigenvalue weighted by Crippen LogP contribution is 2.20. The smallest absolute Gasteiger partial charge is 0.224 e. The van der Waals surface area contributed by atoms with Crippen LogP contribution >= 0.6 is 0 Å². The number of aromatic nitrogens is 1. The highest BCUT2D eigenvalue weighted by Gasteiger charge is 2.16. The highest BCUT2D eigenvalue weighted by molar-refractivity contribution is 5.88. The van der Waals surface area contributed by atoms with Gasteiger partial charge in [-0.1, -0.05) is 37.5 Å². The van der Waals surface area contributed by atoms with Crippen LogP contribution in [0, 0.1) is 0 Å². The summed E-state index contributed by atoms with van der Waals surface area (Å²) in [7, 11) is 0. The first-order valence-corrected chi connectivity index (χ1v) is 7.17. The van der Waals surface area contributed by atoms with E-state index >= 15 is 0 Å². The van der Waals surface area contributed by atoms with Crippen molar-refractivity contribution in [3.63, 3.8) is 0 Å². The average molecular weight is 256 g/mol. The Balaban J connectivity index is 1.65. The lowest BCUT2D eigenvalue weighted by Crippen LogP contribution is -2.37. The lowest BCUT2D eigenvalue weighted by molar-refractivity contribution is -0.121. The lowest BCUT2D eigenvalue weighted by atomic mass is 9.95. The Morgan fingerprint density at radius 2 is 2.00 bits per heavy atom. The van der Waals surface area contributed by atoms with E-state index in [2.05, 4.69) is 16.4 Å². The quantitative estimate of drug-likeness (QED) is 0.870. The molecule has 3 heteroatoms. The van der Waals surface area contributed by atoms with Crippen LogP contribution in [0.4, 0.5) is 0 Å². The van der Waals surface area contributed by atoms with E-state index in [0.717, 1.165) is 29.3 Å². The Morgan fingerprint density at radius 1 is 1.21 bits per heavy atom. The topological polar surface area (TPSA) is 44.9 Å². The fourth-order valence-electron chi connectivity index (χ4n) is 2.98. The van der Waals surface area contributed by atoms with Gasteiger partial charge in [0.1, 0.15) is 0 Å². The first-order valence-electron chi connectivity index (χ1n) is 7.17. The summed E-state index contributed by atoms with van der Waals surface area (Å²) in [6, 6.07) is 8.52. The minimum Gasteiger partial charge on any atom is -0.361 e.